The number of ether oxygens (including phenoxy) is 1. The van der Waals surface area contributed by atoms with Crippen molar-refractivity contribution in [2.45, 2.75) is 0 Å². The van der Waals surface area contributed by atoms with E-state index in [-0.39, 0.29) is 5.56 Å². The van der Waals surface area contributed by atoms with Crippen LogP contribution < -0.4 is 14.7 Å². The number of hydrogen-bond acceptors (Lipinski definition) is 4. The van der Waals surface area contributed by atoms with Crippen molar-refractivity contribution in [1.82, 2.24) is 0 Å². The van der Waals surface area contributed by atoms with Crippen LogP contribution in [-0.2, 0) is 4.84 Å². The van der Waals surface area contributed by atoms with Crippen LogP contribution >= 0.6 is 0 Å². The van der Waals surface area contributed by atoms with Gasteiger partial charge in [0.05, 0.1) is 36.8 Å². The predicted molar refractivity (Wildman–Crippen MR) is 81.3 cm³/mol. The van der Waals surface area contributed by atoms with Gasteiger partial charge in [-0.2, -0.15) is 5.06 Å². The molecule has 0 spiro atoms. The molecule has 3 rings (SSSR count). The Balaban J connectivity index is 2.28. The molecule has 0 aliphatic carbocycles. The monoisotopic (exact) mass is 302 g/mol. The fraction of sp³-hybridized carbons (Fsp3) is 0.188. The molecule has 1 aliphatic rings. The van der Waals surface area contributed by atoms with Crippen LogP contribution in [0.4, 0.5) is 21.5 Å². The second-order valence-electron chi connectivity index (χ2n) is 4.86. The number of amides is 1. The molecule has 5 nitrogen and oxygen atoms in total. The third kappa shape index (κ3) is 2.08. The summed E-state index contributed by atoms with van der Waals surface area (Å²) in [6.45, 7) is 0. The topological polar surface area (TPSA) is 42.0 Å². The van der Waals surface area contributed by atoms with Gasteiger partial charge in [-0.05, 0) is 30.3 Å². The van der Waals surface area contributed by atoms with E-state index in [1.165, 1.54) is 19.2 Å². The number of benzene rings is 2. The SMILES string of the molecule is COc1ccc2c(c1)N(C)c1ccc(F)cc1C(=O)N2OC. The van der Waals surface area contributed by atoms with Gasteiger partial charge >= 0.3 is 0 Å². The molecule has 6 heteroatoms. The molecule has 0 bridgehead atoms. The Labute approximate surface area is 127 Å². The molecule has 22 heavy (non-hydrogen) atoms. The first kappa shape index (κ1) is 14.3. The van der Waals surface area contributed by atoms with Crippen molar-refractivity contribution < 1.29 is 18.8 Å². The second kappa shape index (κ2) is 5.31. The van der Waals surface area contributed by atoms with Gasteiger partial charge in [0.2, 0.25) is 0 Å². The molecular formula is C16H15FN2O3. The summed E-state index contributed by atoms with van der Waals surface area (Å²) in [4.78, 5) is 19.7. The van der Waals surface area contributed by atoms with Crippen LogP contribution in [0.1, 0.15) is 10.4 Å². The molecule has 0 N–H and O–H groups in total. The summed E-state index contributed by atoms with van der Waals surface area (Å²) in [6, 6.07) is 9.38. The smallest absolute Gasteiger partial charge is 0.284 e. The number of carbonyl (C=O) groups is 1. The van der Waals surface area contributed by atoms with Gasteiger partial charge in [0.15, 0.2) is 0 Å². The third-order valence-electron chi connectivity index (χ3n) is 3.68. The van der Waals surface area contributed by atoms with Crippen LogP contribution in [0.5, 0.6) is 5.75 Å². The zero-order valence-corrected chi connectivity index (χ0v) is 12.5. The van der Waals surface area contributed by atoms with E-state index in [1.807, 2.05) is 4.90 Å². The quantitative estimate of drug-likeness (QED) is 0.855. The maximum absolute atomic E-state index is 13.6. The lowest BCUT2D eigenvalue weighted by atomic mass is 10.1. The highest BCUT2D eigenvalue weighted by Crippen LogP contribution is 2.41. The molecule has 0 fully saturated rings. The van der Waals surface area contributed by atoms with Crippen LogP contribution in [-0.4, -0.2) is 27.2 Å². The molecule has 0 atom stereocenters. The first-order chi connectivity index (χ1) is 10.6. The van der Waals surface area contributed by atoms with Gasteiger partial charge < -0.3 is 9.64 Å². The highest BCUT2D eigenvalue weighted by Gasteiger charge is 2.30. The Morgan fingerprint density at radius 3 is 2.41 bits per heavy atom. The Kier molecular flexibility index (Phi) is 3.46. The lowest BCUT2D eigenvalue weighted by Crippen LogP contribution is -2.29. The molecule has 0 saturated heterocycles. The van der Waals surface area contributed by atoms with E-state index < -0.39 is 11.7 Å². The van der Waals surface area contributed by atoms with Gasteiger partial charge in [-0.25, -0.2) is 4.39 Å². The molecule has 1 aliphatic heterocycles. The van der Waals surface area contributed by atoms with Crippen molar-refractivity contribution in [2.75, 3.05) is 31.2 Å². The van der Waals surface area contributed by atoms with Crippen LogP contribution in [0.2, 0.25) is 0 Å². The minimum absolute atomic E-state index is 0.236. The number of carbonyl (C=O) groups excluding carboxylic acids is 1. The average Bonchev–Trinajstić information content (AvgIpc) is 2.62. The summed E-state index contributed by atoms with van der Waals surface area (Å²) in [7, 11) is 4.78. The molecule has 2 aromatic rings. The Hall–Kier alpha value is -2.60. The maximum Gasteiger partial charge on any atom is 0.284 e. The van der Waals surface area contributed by atoms with Gasteiger partial charge in [-0.1, -0.05) is 0 Å². The zero-order chi connectivity index (χ0) is 15.9. The van der Waals surface area contributed by atoms with Crippen LogP contribution in [0.25, 0.3) is 0 Å². The Bertz CT molecular complexity index is 748. The summed E-state index contributed by atoms with van der Waals surface area (Å²) in [5, 5.41) is 1.15. The lowest BCUT2D eigenvalue weighted by Gasteiger charge is -2.23. The Morgan fingerprint density at radius 1 is 1.00 bits per heavy atom. The van der Waals surface area contributed by atoms with Crippen LogP contribution in [0.15, 0.2) is 36.4 Å². The van der Waals surface area contributed by atoms with Crippen molar-refractivity contribution in [3.63, 3.8) is 0 Å². The van der Waals surface area contributed by atoms with Crippen molar-refractivity contribution in [3.05, 3.63) is 47.8 Å². The summed E-state index contributed by atoms with van der Waals surface area (Å²) >= 11 is 0. The van der Waals surface area contributed by atoms with Gasteiger partial charge in [-0.15, -0.1) is 0 Å². The number of hydrogen-bond donors (Lipinski definition) is 0. The highest BCUT2D eigenvalue weighted by atomic mass is 19.1. The summed E-state index contributed by atoms with van der Waals surface area (Å²) < 4.78 is 18.8. The maximum atomic E-state index is 13.6. The molecule has 0 saturated carbocycles. The van der Waals surface area contributed by atoms with Gasteiger partial charge in [0, 0.05) is 13.1 Å². The molecular weight excluding hydrogens is 287 g/mol. The van der Waals surface area contributed by atoms with E-state index in [9.17, 15) is 9.18 Å². The fourth-order valence-electron chi connectivity index (χ4n) is 2.57. The minimum atomic E-state index is -0.472. The summed E-state index contributed by atoms with van der Waals surface area (Å²) in [6.07, 6.45) is 0. The lowest BCUT2D eigenvalue weighted by molar-refractivity contribution is 0.0776. The van der Waals surface area contributed by atoms with Crippen molar-refractivity contribution in [3.8, 4) is 5.75 Å². The number of methoxy groups -OCH3 is 1. The Morgan fingerprint density at radius 2 is 1.73 bits per heavy atom. The molecule has 1 heterocycles. The molecule has 0 radical (unpaired) electrons. The van der Waals surface area contributed by atoms with Crippen molar-refractivity contribution in [1.29, 1.82) is 0 Å². The van der Waals surface area contributed by atoms with Crippen molar-refractivity contribution in [2.24, 2.45) is 0 Å². The number of hydroxylamine groups is 1. The van der Waals surface area contributed by atoms with Crippen LogP contribution in [0.3, 0.4) is 0 Å². The van der Waals surface area contributed by atoms with E-state index in [0.717, 1.165) is 10.8 Å². The number of halogens is 1. The normalized spacial score (nSPS) is 13.5. The number of anilines is 3. The molecule has 0 unspecified atom stereocenters. The largest absolute Gasteiger partial charge is 0.497 e. The molecule has 0 aromatic heterocycles. The fourth-order valence-corrected chi connectivity index (χ4v) is 2.57. The van der Waals surface area contributed by atoms with E-state index >= 15 is 0 Å². The molecule has 1 amide bonds. The highest BCUT2D eigenvalue weighted by molar-refractivity contribution is 6.12. The summed E-state index contributed by atoms with van der Waals surface area (Å²) in [5.41, 5.74) is 2.12. The van der Waals surface area contributed by atoms with E-state index in [2.05, 4.69) is 0 Å². The predicted octanol–water partition coefficient (Wildman–Crippen LogP) is 3.12. The third-order valence-corrected chi connectivity index (χ3v) is 3.68. The first-order valence-electron chi connectivity index (χ1n) is 6.66. The molecule has 114 valence electrons. The number of fused-ring (bicyclic) bond motifs is 2. The van der Waals surface area contributed by atoms with Crippen molar-refractivity contribution >= 4 is 23.0 Å². The summed E-state index contributed by atoms with van der Waals surface area (Å²) in [5.74, 6) is -0.243. The minimum Gasteiger partial charge on any atom is -0.497 e. The average molecular weight is 302 g/mol. The van der Waals surface area contributed by atoms with E-state index in [0.29, 0.717) is 17.1 Å². The second-order valence-corrected chi connectivity index (χ2v) is 4.86. The number of nitrogens with zero attached hydrogens (tertiary/aromatic N) is 2. The number of rotatable bonds is 2. The van der Waals surface area contributed by atoms with E-state index in [1.54, 1.807) is 38.4 Å². The zero-order valence-electron chi connectivity index (χ0n) is 12.5. The van der Waals surface area contributed by atoms with Gasteiger partial charge in [0.25, 0.3) is 5.91 Å². The van der Waals surface area contributed by atoms with Gasteiger partial charge in [0.1, 0.15) is 11.6 Å². The van der Waals surface area contributed by atoms with Crippen LogP contribution in [0, 0.1) is 5.82 Å². The first-order valence-corrected chi connectivity index (χ1v) is 6.66. The standard InChI is InChI=1S/C16H15FN2O3/c1-18-13-6-4-10(17)8-12(13)16(20)19(22-3)14-7-5-11(21-2)9-15(14)18/h4-9H,1-3H3. The molecule has 2 aromatic carbocycles. The van der Waals surface area contributed by atoms with Gasteiger partial charge in [-0.3, -0.25) is 9.63 Å². The van der Waals surface area contributed by atoms with E-state index in [4.69, 9.17) is 9.57 Å².